The molecule has 0 aliphatic heterocycles. The highest BCUT2D eigenvalue weighted by Crippen LogP contribution is 2.08. The Morgan fingerprint density at radius 3 is 2.85 bits per heavy atom. The quantitative estimate of drug-likeness (QED) is 0.687. The molecule has 1 aromatic rings. The van der Waals surface area contributed by atoms with E-state index in [4.69, 9.17) is 9.84 Å². The smallest absolute Gasteiger partial charge is 0.308 e. The standard InChI is InChI=1S/C12H19N3O4S/c1-3-19-6-4-5-15(8-9(2)12(17)18)11(16)10-7-13-20-14-10/h7,9H,3-6,8H2,1-2H3,(H,17,18). The minimum atomic E-state index is -0.927. The van der Waals surface area contributed by atoms with Crippen molar-refractivity contribution >= 4 is 23.6 Å². The average molecular weight is 301 g/mol. The number of amides is 1. The van der Waals surface area contributed by atoms with Gasteiger partial charge < -0.3 is 14.7 Å². The fourth-order valence-corrected chi connectivity index (χ4v) is 2.01. The summed E-state index contributed by atoms with van der Waals surface area (Å²) in [6.07, 6.45) is 2.05. The summed E-state index contributed by atoms with van der Waals surface area (Å²) < 4.78 is 12.9. The summed E-state index contributed by atoms with van der Waals surface area (Å²) >= 11 is 0.954. The third-order valence-electron chi connectivity index (χ3n) is 2.70. The highest BCUT2D eigenvalue weighted by Gasteiger charge is 2.22. The molecule has 0 aliphatic carbocycles. The summed E-state index contributed by atoms with van der Waals surface area (Å²) in [7, 11) is 0. The Balaban J connectivity index is 2.63. The van der Waals surface area contributed by atoms with Crippen LogP contribution in [0, 0.1) is 5.92 Å². The molecule has 0 saturated carbocycles. The number of carboxylic acid groups (broad SMARTS) is 1. The highest BCUT2D eigenvalue weighted by molar-refractivity contribution is 6.99. The lowest BCUT2D eigenvalue weighted by molar-refractivity contribution is -0.141. The van der Waals surface area contributed by atoms with Gasteiger partial charge in [-0.25, -0.2) is 0 Å². The predicted octanol–water partition coefficient (Wildman–Crippen LogP) is 1.13. The number of aliphatic carboxylic acids is 1. The van der Waals surface area contributed by atoms with Crippen molar-refractivity contribution in [2.45, 2.75) is 20.3 Å². The lowest BCUT2D eigenvalue weighted by Crippen LogP contribution is -2.38. The van der Waals surface area contributed by atoms with Crippen molar-refractivity contribution < 1.29 is 19.4 Å². The van der Waals surface area contributed by atoms with Crippen LogP contribution < -0.4 is 0 Å². The molecule has 8 heteroatoms. The Morgan fingerprint density at radius 2 is 2.30 bits per heavy atom. The van der Waals surface area contributed by atoms with Gasteiger partial charge in [0.15, 0.2) is 5.69 Å². The first kappa shape index (κ1) is 16.5. The number of hydrogen-bond donors (Lipinski definition) is 1. The second-order valence-electron chi connectivity index (χ2n) is 4.33. The maximum atomic E-state index is 12.2. The summed E-state index contributed by atoms with van der Waals surface area (Å²) in [5.74, 6) is -1.84. The topological polar surface area (TPSA) is 92.6 Å². The molecule has 0 radical (unpaired) electrons. The zero-order valence-electron chi connectivity index (χ0n) is 11.6. The normalized spacial score (nSPS) is 12.1. The van der Waals surface area contributed by atoms with Gasteiger partial charge in [-0.1, -0.05) is 6.92 Å². The monoisotopic (exact) mass is 301 g/mol. The van der Waals surface area contributed by atoms with Crippen molar-refractivity contribution in [3.8, 4) is 0 Å². The predicted molar refractivity (Wildman–Crippen MR) is 73.7 cm³/mol. The second-order valence-corrected chi connectivity index (χ2v) is 4.89. The van der Waals surface area contributed by atoms with Gasteiger partial charge in [-0.2, -0.15) is 8.75 Å². The Morgan fingerprint density at radius 1 is 1.55 bits per heavy atom. The summed E-state index contributed by atoms with van der Waals surface area (Å²) in [5.41, 5.74) is 0.254. The molecule has 1 atom stereocenters. The summed E-state index contributed by atoms with van der Waals surface area (Å²) in [6, 6.07) is 0. The van der Waals surface area contributed by atoms with Gasteiger partial charge in [-0.05, 0) is 13.3 Å². The molecule has 7 nitrogen and oxygen atoms in total. The summed E-state index contributed by atoms with van der Waals surface area (Å²) in [4.78, 5) is 24.7. The number of carbonyl (C=O) groups excluding carboxylic acids is 1. The second kappa shape index (κ2) is 8.60. The van der Waals surface area contributed by atoms with Crippen molar-refractivity contribution in [3.63, 3.8) is 0 Å². The molecule has 1 heterocycles. The van der Waals surface area contributed by atoms with Crippen molar-refractivity contribution in [2.24, 2.45) is 5.92 Å². The van der Waals surface area contributed by atoms with Crippen LogP contribution in [0.15, 0.2) is 6.20 Å². The molecule has 1 aromatic heterocycles. The summed E-state index contributed by atoms with van der Waals surface area (Å²) in [6.45, 7) is 5.22. The molecular formula is C12H19N3O4S. The van der Waals surface area contributed by atoms with Crippen LogP contribution in [0.25, 0.3) is 0 Å². The zero-order valence-corrected chi connectivity index (χ0v) is 12.4. The van der Waals surface area contributed by atoms with Crippen molar-refractivity contribution in [1.29, 1.82) is 0 Å². The van der Waals surface area contributed by atoms with E-state index in [1.807, 2.05) is 6.92 Å². The molecule has 0 saturated heterocycles. The zero-order chi connectivity index (χ0) is 15.0. The molecule has 0 fully saturated rings. The van der Waals surface area contributed by atoms with Gasteiger partial charge in [-0.3, -0.25) is 9.59 Å². The van der Waals surface area contributed by atoms with E-state index in [0.29, 0.717) is 26.2 Å². The molecule has 1 rings (SSSR count). The molecule has 112 valence electrons. The highest BCUT2D eigenvalue weighted by atomic mass is 32.1. The number of carbonyl (C=O) groups is 2. The van der Waals surface area contributed by atoms with E-state index in [9.17, 15) is 9.59 Å². The molecule has 1 amide bonds. The molecule has 0 aliphatic rings. The molecule has 0 spiro atoms. The van der Waals surface area contributed by atoms with Crippen molar-refractivity contribution in [1.82, 2.24) is 13.6 Å². The molecular weight excluding hydrogens is 282 g/mol. The number of carboxylic acids is 1. The van der Waals surface area contributed by atoms with E-state index >= 15 is 0 Å². The molecule has 0 aromatic carbocycles. The SMILES string of the molecule is CCOCCCN(CC(C)C(=O)O)C(=O)c1cnsn1. The Kier molecular flexibility index (Phi) is 7.10. The number of rotatable bonds is 9. The van der Waals surface area contributed by atoms with Gasteiger partial charge in [0.1, 0.15) is 0 Å². The minimum absolute atomic E-state index is 0.151. The van der Waals surface area contributed by atoms with Gasteiger partial charge in [0.25, 0.3) is 5.91 Å². The Hall–Kier alpha value is -1.54. The van der Waals surface area contributed by atoms with E-state index in [1.54, 1.807) is 6.92 Å². The maximum Gasteiger partial charge on any atom is 0.308 e. The van der Waals surface area contributed by atoms with Crippen LogP contribution in [0.3, 0.4) is 0 Å². The first-order chi connectivity index (χ1) is 9.56. The lowest BCUT2D eigenvalue weighted by atomic mass is 10.1. The van der Waals surface area contributed by atoms with Gasteiger partial charge in [0.05, 0.1) is 23.8 Å². The first-order valence-electron chi connectivity index (χ1n) is 6.43. The molecule has 20 heavy (non-hydrogen) atoms. The Bertz CT molecular complexity index is 424. The summed E-state index contributed by atoms with van der Waals surface area (Å²) in [5, 5.41) is 8.96. The van der Waals surface area contributed by atoms with Crippen LogP contribution in [0.1, 0.15) is 30.8 Å². The van der Waals surface area contributed by atoms with E-state index in [1.165, 1.54) is 11.1 Å². The first-order valence-corrected chi connectivity index (χ1v) is 7.16. The van der Waals surface area contributed by atoms with Gasteiger partial charge >= 0.3 is 5.97 Å². The van der Waals surface area contributed by atoms with Crippen molar-refractivity contribution in [3.05, 3.63) is 11.9 Å². The minimum Gasteiger partial charge on any atom is -0.481 e. The van der Waals surface area contributed by atoms with Crippen LogP contribution in [-0.2, 0) is 9.53 Å². The number of hydrogen-bond acceptors (Lipinski definition) is 6. The van der Waals surface area contributed by atoms with Crippen LogP contribution >= 0.6 is 11.7 Å². The van der Waals surface area contributed by atoms with Crippen LogP contribution in [-0.4, -0.2) is 56.9 Å². The fourth-order valence-electron chi connectivity index (χ4n) is 1.61. The van der Waals surface area contributed by atoms with E-state index in [2.05, 4.69) is 8.75 Å². The lowest BCUT2D eigenvalue weighted by Gasteiger charge is -2.23. The van der Waals surface area contributed by atoms with Crippen LogP contribution in [0.2, 0.25) is 0 Å². The molecule has 1 N–H and O–H groups in total. The van der Waals surface area contributed by atoms with E-state index in [-0.39, 0.29) is 18.1 Å². The van der Waals surface area contributed by atoms with Gasteiger partial charge in [0.2, 0.25) is 0 Å². The molecule has 1 unspecified atom stereocenters. The number of aromatic nitrogens is 2. The fraction of sp³-hybridized carbons (Fsp3) is 0.667. The van der Waals surface area contributed by atoms with Crippen LogP contribution in [0.4, 0.5) is 0 Å². The van der Waals surface area contributed by atoms with E-state index in [0.717, 1.165) is 11.7 Å². The van der Waals surface area contributed by atoms with Gasteiger partial charge in [-0.15, -0.1) is 0 Å². The van der Waals surface area contributed by atoms with Gasteiger partial charge in [0, 0.05) is 26.3 Å². The Labute approximate surface area is 121 Å². The van der Waals surface area contributed by atoms with Crippen LogP contribution in [0.5, 0.6) is 0 Å². The average Bonchev–Trinajstić information content (AvgIpc) is 2.95. The number of ether oxygens (including phenoxy) is 1. The van der Waals surface area contributed by atoms with E-state index < -0.39 is 11.9 Å². The maximum absolute atomic E-state index is 12.2. The third-order valence-corrected chi connectivity index (χ3v) is 3.18. The number of nitrogens with zero attached hydrogens (tertiary/aromatic N) is 3. The van der Waals surface area contributed by atoms with Crippen molar-refractivity contribution in [2.75, 3.05) is 26.3 Å². The largest absolute Gasteiger partial charge is 0.481 e. The molecule has 0 bridgehead atoms. The third kappa shape index (κ3) is 5.22.